The molecule has 1 aliphatic rings. The molecule has 0 aliphatic carbocycles. The Kier molecular flexibility index (Phi) is 11.9. The number of aryl methyl sites for hydroxylation is 1. The summed E-state index contributed by atoms with van der Waals surface area (Å²) in [6.45, 7) is 1.79. The van der Waals surface area contributed by atoms with Crippen LogP contribution in [0.1, 0.15) is 36.8 Å². The number of primary amides is 1. The minimum Gasteiger partial charge on any atom is -0.445 e. The number of nitrogens with two attached hydrogens (primary N) is 2. The minimum atomic E-state index is -3.93. The van der Waals surface area contributed by atoms with Crippen molar-refractivity contribution >= 4 is 39.8 Å². The molecule has 2 atom stereocenters. The van der Waals surface area contributed by atoms with Gasteiger partial charge in [0, 0.05) is 13.1 Å². The molecule has 0 bridgehead atoms. The number of hydrogen-bond acceptors (Lipinski definition) is 8. The van der Waals surface area contributed by atoms with Gasteiger partial charge in [-0.05, 0) is 50.3 Å². The molecule has 0 saturated carbocycles. The number of benzene rings is 2. The standard InChI is InChI=1S/C28H37N7O7S/c1-19-11-13-21(14-12-19)43(40,41)34-27(30)31-15-5-9-22(25(37)32-17-24(29)36)33-26(38)23-10-6-16-35(23)28(39)42-18-20-7-3-2-4-8-20/h2-4,7-8,11-14,22-23H,5-6,9-10,15-18H2,1H3,(H2,29,36)(H,32,37)(H,33,38)(H3,30,31,34)/t22-,23+/m1/s1. The van der Waals surface area contributed by atoms with E-state index in [2.05, 4.69) is 20.3 Å². The molecule has 1 fully saturated rings. The Morgan fingerprint density at radius 3 is 2.44 bits per heavy atom. The van der Waals surface area contributed by atoms with Crippen LogP contribution in [0.15, 0.2) is 64.5 Å². The van der Waals surface area contributed by atoms with E-state index in [9.17, 15) is 27.6 Å². The predicted octanol–water partition coefficient (Wildman–Crippen LogP) is 0.256. The number of ether oxygens (including phenoxy) is 1. The quantitative estimate of drug-likeness (QED) is 0.119. The zero-order chi connectivity index (χ0) is 31.4. The zero-order valence-corrected chi connectivity index (χ0v) is 24.6. The van der Waals surface area contributed by atoms with E-state index in [0.29, 0.717) is 19.4 Å². The highest BCUT2D eigenvalue weighted by Gasteiger charge is 2.36. The molecule has 0 unspecified atom stereocenters. The van der Waals surface area contributed by atoms with Crippen molar-refractivity contribution in [1.29, 1.82) is 0 Å². The van der Waals surface area contributed by atoms with Gasteiger partial charge in [0.2, 0.25) is 23.7 Å². The molecule has 0 radical (unpaired) electrons. The molecule has 1 heterocycles. The fourth-order valence-corrected chi connectivity index (χ4v) is 5.29. The Morgan fingerprint density at radius 2 is 1.77 bits per heavy atom. The van der Waals surface area contributed by atoms with Gasteiger partial charge in [-0.15, -0.1) is 0 Å². The highest BCUT2D eigenvalue weighted by molar-refractivity contribution is 7.90. The fraction of sp³-hybridized carbons (Fsp3) is 0.393. The molecule has 3 rings (SSSR count). The van der Waals surface area contributed by atoms with E-state index in [0.717, 1.165) is 11.1 Å². The van der Waals surface area contributed by atoms with E-state index >= 15 is 0 Å². The lowest BCUT2D eigenvalue weighted by Gasteiger charge is -2.26. The van der Waals surface area contributed by atoms with Gasteiger partial charge in [-0.2, -0.15) is 0 Å². The number of carbonyl (C=O) groups excluding carboxylic acids is 4. The van der Waals surface area contributed by atoms with Crippen molar-refractivity contribution in [3.05, 3.63) is 65.7 Å². The molecule has 43 heavy (non-hydrogen) atoms. The first-order chi connectivity index (χ1) is 20.5. The number of hydrogen-bond donors (Lipinski definition) is 5. The van der Waals surface area contributed by atoms with E-state index in [1.54, 1.807) is 12.1 Å². The number of nitrogens with zero attached hydrogens (tertiary/aromatic N) is 2. The fourth-order valence-electron chi connectivity index (χ4n) is 4.34. The highest BCUT2D eigenvalue weighted by atomic mass is 32.2. The average Bonchev–Trinajstić information content (AvgIpc) is 3.47. The van der Waals surface area contributed by atoms with Crippen LogP contribution in [0.25, 0.3) is 0 Å². The van der Waals surface area contributed by atoms with Crippen LogP contribution < -0.4 is 26.8 Å². The normalized spacial score (nSPS) is 15.8. The molecule has 4 amide bonds. The molecule has 7 N–H and O–H groups in total. The van der Waals surface area contributed by atoms with Crippen molar-refractivity contribution in [2.24, 2.45) is 16.5 Å². The first-order valence-corrected chi connectivity index (χ1v) is 15.2. The summed E-state index contributed by atoms with van der Waals surface area (Å²) in [6.07, 6.45) is 0.598. The van der Waals surface area contributed by atoms with E-state index in [1.807, 2.05) is 37.3 Å². The summed E-state index contributed by atoms with van der Waals surface area (Å²) in [7, 11) is -3.93. The number of nitrogens with one attached hydrogen (secondary N) is 3. The average molecular weight is 616 g/mol. The SMILES string of the molecule is Cc1ccc(S(=O)(=O)NC(N)=NCCC[C@@H](NC(=O)[C@@H]2CCCN2C(=O)OCc2ccccc2)C(=O)NCC(N)=O)cc1. The van der Waals surface area contributed by atoms with Crippen molar-refractivity contribution < 1.29 is 32.3 Å². The molecule has 1 aliphatic heterocycles. The van der Waals surface area contributed by atoms with Gasteiger partial charge in [0.25, 0.3) is 10.0 Å². The van der Waals surface area contributed by atoms with Gasteiger partial charge in [-0.3, -0.25) is 24.3 Å². The summed E-state index contributed by atoms with van der Waals surface area (Å²) in [6, 6.07) is 13.4. The zero-order valence-electron chi connectivity index (χ0n) is 23.8. The molecule has 0 spiro atoms. The van der Waals surface area contributed by atoms with Crippen molar-refractivity contribution in [1.82, 2.24) is 20.3 Å². The van der Waals surface area contributed by atoms with E-state index in [-0.39, 0.29) is 36.8 Å². The molecular formula is C28H37N7O7S. The van der Waals surface area contributed by atoms with Gasteiger partial charge in [0.15, 0.2) is 0 Å². The Labute approximate surface area is 250 Å². The number of carbonyl (C=O) groups is 4. The molecule has 2 aromatic rings. The van der Waals surface area contributed by atoms with Crippen LogP contribution >= 0.6 is 0 Å². The smallest absolute Gasteiger partial charge is 0.410 e. The molecule has 2 aromatic carbocycles. The number of sulfonamides is 1. The Bertz CT molecular complexity index is 1420. The van der Waals surface area contributed by atoms with Crippen LogP contribution in [0.5, 0.6) is 0 Å². The number of aliphatic imine (C=N–C) groups is 1. The minimum absolute atomic E-state index is 0.0232. The van der Waals surface area contributed by atoms with Crippen molar-refractivity contribution in [3.8, 4) is 0 Å². The molecular weight excluding hydrogens is 578 g/mol. The van der Waals surface area contributed by atoms with Crippen molar-refractivity contribution in [2.45, 2.75) is 56.2 Å². The maximum Gasteiger partial charge on any atom is 0.410 e. The lowest BCUT2D eigenvalue weighted by atomic mass is 10.1. The summed E-state index contributed by atoms with van der Waals surface area (Å²) >= 11 is 0. The maximum absolute atomic E-state index is 13.2. The van der Waals surface area contributed by atoms with Crippen molar-refractivity contribution in [3.63, 3.8) is 0 Å². The third kappa shape index (κ3) is 10.3. The predicted molar refractivity (Wildman–Crippen MR) is 158 cm³/mol. The van der Waals surface area contributed by atoms with Gasteiger partial charge in [0.1, 0.15) is 18.7 Å². The Morgan fingerprint density at radius 1 is 1.07 bits per heavy atom. The summed E-state index contributed by atoms with van der Waals surface area (Å²) < 4.78 is 32.6. The summed E-state index contributed by atoms with van der Waals surface area (Å²) in [5.74, 6) is -2.31. The Hall–Kier alpha value is -4.66. The van der Waals surface area contributed by atoms with E-state index in [1.165, 1.54) is 17.0 Å². The summed E-state index contributed by atoms with van der Waals surface area (Å²) in [4.78, 5) is 55.2. The molecule has 14 nitrogen and oxygen atoms in total. The van der Waals surface area contributed by atoms with Gasteiger partial charge in [0.05, 0.1) is 11.4 Å². The second-order valence-electron chi connectivity index (χ2n) is 9.96. The van der Waals surface area contributed by atoms with Gasteiger partial charge < -0.3 is 26.8 Å². The van der Waals surface area contributed by atoms with E-state index < -0.39 is 52.5 Å². The number of guanidine groups is 1. The monoisotopic (exact) mass is 615 g/mol. The van der Waals surface area contributed by atoms with Crippen LogP contribution in [0.2, 0.25) is 0 Å². The van der Waals surface area contributed by atoms with E-state index in [4.69, 9.17) is 16.2 Å². The van der Waals surface area contributed by atoms with Gasteiger partial charge in [-0.1, -0.05) is 48.0 Å². The Balaban J connectivity index is 1.58. The number of amides is 4. The van der Waals surface area contributed by atoms with Crippen LogP contribution in [-0.2, 0) is 35.8 Å². The first-order valence-electron chi connectivity index (χ1n) is 13.7. The van der Waals surface area contributed by atoms with Crippen LogP contribution in [-0.4, -0.2) is 74.8 Å². The second kappa shape index (κ2) is 15.5. The highest BCUT2D eigenvalue weighted by Crippen LogP contribution is 2.20. The van der Waals surface area contributed by atoms with Gasteiger partial charge in [-0.25, -0.2) is 17.9 Å². The van der Waals surface area contributed by atoms with Crippen LogP contribution in [0.3, 0.4) is 0 Å². The summed E-state index contributed by atoms with van der Waals surface area (Å²) in [5, 5.41) is 5.02. The first kappa shape index (κ1) is 32.8. The third-order valence-electron chi connectivity index (χ3n) is 6.57. The molecule has 1 saturated heterocycles. The molecule has 232 valence electrons. The summed E-state index contributed by atoms with van der Waals surface area (Å²) in [5.41, 5.74) is 12.6. The van der Waals surface area contributed by atoms with Crippen LogP contribution in [0.4, 0.5) is 4.79 Å². The number of likely N-dealkylation sites (tertiary alicyclic amines) is 1. The maximum atomic E-state index is 13.2. The number of rotatable bonds is 13. The second-order valence-corrected chi connectivity index (χ2v) is 11.6. The molecule has 0 aromatic heterocycles. The lowest BCUT2D eigenvalue weighted by molar-refractivity contribution is -0.131. The topological polar surface area (TPSA) is 215 Å². The third-order valence-corrected chi connectivity index (χ3v) is 7.94. The van der Waals surface area contributed by atoms with Gasteiger partial charge >= 0.3 is 6.09 Å². The largest absolute Gasteiger partial charge is 0.445 e. The van der Waals surface area contributed by atoms with Crippen LogP contribution in [0, 0.1) is 6.92 Å². The lowest BCUT2D eigenvalue weighted by Crippen LogP contribution is -2.53. The van der Waals surface area contributed by atoms with Crippen molar-refractivity contribution in [2.75, 3.05) is 19.6 Å². The molecule has 15 heteroatoms.